The molecule has 0 radical (unpaired) electrons. The van der Waals surface area contributed by atoms with Crippen LogP contribution in [-0.4, -0.2) is 24.5 Å². The Morgan fingerprint density at radius 3 is 2.58 bits per heavy atom. The molecule has 1 aromatic carbocycles. The molecule has 1 aromatic rings. The van der Waals surface area contributed by atoms with E-state index in [1.165, 1.54) is 6.07 Å². The molecule has 0 atom stereocenters. The van der Waals surface area contributed by atoms with Crippen molar-refractivity contribution in [3.63, 3.8) is 0 Å². The van der Waals surface area contributed by atoms with E-state index in [2.05, 4.69) is 11.8 Å². The molecule has 0 fully saturated rings. The molecule has 6 heteroatoms. The van der Waals surface area contributed by atoms with E-state index < -0.39 is 18.4 Å². The van der Waals surface area contributed by atoms with Gasteiger partial charge in [0, 0.05) is 18.1 Å². The van der Waals surface area contributed by atoms with Gasteiger partial charge in [-0.2, -0.15) is 13.2 Å². The Morgan fingerprint density at radius 1 is 1.21 bits per heavy atom. The number of ether oxygens (including phenoxy) is 1. The minimum Gasteiger partial charge on any atom is -0.493 e. The molecule has 0 heterocycles. The van der Waals surface area contributed by atoms with Crippen LogP contribution < -0.4 is 4.74 Å². The molecule has 0 amide bonds. The van der Waals surface area contributed by atoms with Gasteiger partial charge in [-0.25, -0.2) is 4.39 Å². The Kier molecular flexibility index (Phi) is 5.64. The van der Waals surface area contributed by atoms with Gasteiger partial charge in [0.1, 0.15) is 18.2 Å². The lowest BCUT2D eigenvalue weighted by atomic mass is 10.2. The first kappa shape index (κ1) is 15.3. The van der Waals surface area contributed by atoms with Gasteiger partial charge in [-0.3, -0.25) is 0 Å². The molecule has 0 aromatic heterocycles. The number of halogens is 4. The third-order valence-corrected chi connectivity index (χ3v) is 2.06. The third-order valence-electron chi connectivity index (χ3n) is 2.06. The standard InChI is InChI=1S/C13H12F4O2/c14-11-7-10(3-1-5-18)8-12(9-11)19-6-2-4-13(15,16)17/h7-9,18H,2,4-6H2. The van der Waals surface area contributed by atoms with E-state index in [0.717, 1.165) is 12.1 Å². The van der Waals surface area contributed by atoms with E-state index in [0.29, 0.717) is 5.56 Å². The summed E-state index contributed by atoms with van der Waals surface area (Å²) in [5.74, 6) is 4.34. The van der Waals surface area contributed by atoms with Crippen LogP contribution in [0.15, 0.2) is 18.2 Å². The quantitative estimate of drug-likeness (QED) is 0.520. The number of hydrogen-bond acceptors (Lipinski definition) is 2. The van der Waals surface area contributed by atoms with Gasteiger partial charge in [0.2, 0.25) is 0 Å². The Labute approximate surface area is 108 Å². The molecule has 2 nitrogen and oxygen atoms in total. The highest BCUT2D eigenvalue weighted by Gasteiger charge is 2.26. The molecule has 19 heavy (non-hydrogen) atoms. The molecule has 0 aliphatic heterocycles. The fourth-order valence-corrected chi connectivity index (χ4v) is 1.32. The van der Waals surface area contributed by atoms with Crippen molar-refractivity contribution in [1.29, 1.82) is 0 Å². The molecule has 1 N–H and O–H groups in total. The molecule has 0 aliphatic carbocycles. The smallest absolute Gasteiger partial charge is 0.389 e. The second-order valence-corrected chi connectivity index (χ2v) is 3.70. The van der Waals surface area contributed by atoms with E-state index in [-0.39, 0.29) is 25.4 Å². The highest BCUT2D eigenvalue weighted by Crippen LogP contribution is 2.22. The van der Waals surface area contributed by atoms with Gasteiger partial charge in [-0.05, 0) is 18.6 Å². The van der Waals surface area contributed by atoms with E-state index in [4.69, 9.17) is 9.84 Å². The zero-order chi connectivity index (χ0) is 14.3. The summed E-state index contributed by atoms with van der Waals surface area (Å²) < 4.78 is 53.9. The van der Waals surface area contributed by atoms with E-state index in [9.17, 15) is 17.6 Å². The summed E-state index contributed by atoms with van der Waals surface area (Å²) in [6, 6.07) is 3.61. The Hall–Kier alpha value is -1.74. The molecular formula is C13H12F4O2. The summed E-state index contributed by atoms with van der Waals surface area (Å²) >= 11 is 0. The summed E-state index contributed by atoms with van der Waals surface area (Å²) in [5, 5.41) is 8.51. The minimum atomic E-state index is -4.22. The molecule has 0 bridgehead atoms. The van der Waals surface area contributed by atoms with Crippen molar-refractivity contribution in [3.05, 3.63) is 29.6 Å². The van der Waals surface area contributed by atoms with Gasteiger partial charge in [-0.15, -0.1) is 0 Å². The second kappa shape index (κ2) is 7.00. The van der Waals surface area contributed by atoms with Crippen LogP contribution in [0, 0.1) is 17.7 Å². The maximum Gasteiger partial charge on any atom is 0.389 e. The number of hydrogen-bond donors (Lipinski definition) is 1. The van der Waals surface area contributed by atoms with Crippen LogP contribution in [0.4, 0.5) is 17.6 Å². The van der Waals surface area contributed by atoms with E-state index in [1.807, 2.05) is 0 Å². The third kappa shape index (κ3) is 6.67. The van der Waals surface area contributed by atoms with Crippen LogP contribution in [0.25, 0.3) is 0 Å². The van der Waals surface area contributed by atoms with Gasteiger partial charge in [0.25, 0.3) is 0 Å². The minimum absolute atomic E-state index is 0.115. The van der Waals surface area contributed by atoms with Gasteiger partial charge >= 0.3 is 6.18 Å². The lowest BCUT2D eigenvalue weighted by Gasteiger charge is -2.08. The maximum absolute atomic E-state index is 13.2. The summed E-state index contributed by atoms with van der Waals surface area (Å²) in [6.07, 6.45) is -5.36. The van der Waals surface area contributed by atoms with E-state index in [1.54, 1.807) is 0 Å². The Bertz CT molecular complexity index is 472. The predicted molar refractivity (Wildman–Crippen MR) is 61.1 cm³/mol. The maximum atomic E-state index is 13.2. The molecule has 0 spiro atoms. The summed E-state index contributed by atoms with van der Waals surface area (Å²) in [6.45, 7) is -0.520. The van der Waals surface area contributed by atoms with Crippen molar-refractivity contribution in [1.82, 2.24) is 0 Å². The van der Waals surface area contributed by atoms with Crippen molar-refractivity contribution in [3.8, 4) is 17.6 Å². The van der Waals surface area contributed by atoms with Crippen LogP contribution in [0.3, 0.4) is 0 Å². The van der Waals surface area contributed by atoms with Gasteiger partial charge in [-0.1, -0.05) is 11.8 Å². The second-order valence-electron chi connectivity index (χ2n) is 3.70. The molecule has 0 aliphatic rings. The highest BCUT2D eigenvalue weighted by molar-refractivity contribution is 5.40. The van der Waals surface area contributed by atoms with Gasteiger partial charge < -0.3 is 9.84 Å². The molecule has 0 saturated heterocycles. The summed E-state index contributed by atoms with van der Waals surface area (Å²) in [4.78, 5) is 0. The molecule has 1 rings (SSSR count). The number of aliphatic hydroxyl groups excluding tert-OH is 1. The number of benzene rings is 1. The lowest BCUT2D eigenvalue weighted by Crippen LogP contribution is -2.09. The monoisotopic (exact) mass is 276 g/mol. The molecule has 0 unspecified atom stereocenters. The Balaban J connectivity index is 2.56. The summed E-state index contributed by atoms with van der Waals surface area (Å²) in [5.41, 5.74) is 0.292. The molecular weight excluding hydrogens is 264 g/mol. The molecule has 0 saturated carbocycles. The average molecular weight is 276 g/mol. The first-order valence-corrected chi connectivity index (χ1v) is 5.50. The SMILES string of the molecule is OCC#Cc1cc(F)cc(OCCCC(F)(F)F)c1. The van der Waals surface area contributed by atoms with Crippen molar-refractivity contribution >= 4 is 0 Å². The largest absolute Gasteiger partial charge is 0.493 e. The fourth-order valence-electron chi connectivity index (χ4n) is 1.32. The number of rotatable bonds is 4. The normalized spacial score (nSPS) is 10.8. The first-order chi connectivity index (χ1) is 8.90. The molecule has 104 valence electrons. The summed E-state index contributed by atoms with van der Waals surface area (Å²) in [7, 11) is 0. The van der Waals surface area contributed by atoms with Crippen LogP contribution in [0.1, 0.15) is 18.4 Å². The van der Waals surface area contributed by atoms with E-state index >= 15 is 0 Å². The van der Waals surface area contributed by atoms with Gasteiger partial charge in [0.15, 0.2) is 0 Å². The highest BCUT2D eigenvalue weighted by atomic mass is 19.4. The Morgan fingerprint density at radius 2 is 1.95 bits per heavy atom. The first-order valence-electron chi connectivity index (χ1n) is 5.50. The van der Waals surface area contributed by atoms with Crippen LogP contribution >= 0.6 is 0 Å². The van der Waals surface area contributed by atoms with Crippen molar-refractivity contribution in [2.75, 3.05) is 13.2 Å². The zero-order valence-electron chi connectivity index (χ0n) is 9.93. The van der Waals surface area contributed by atoms with Gasteiger partial charge in [0.05, 0.1) is 6.61 Å². The number of aliphatic hydroxyl groups is 1. The topological polar surface area (TPSA) is 29.5 Å². The predicted octanol–water partition coefficient (Wildman–Crippen LogP) is 2.89. The van der Waals surface area contributed by atoms with Crippen LogP contribution in [-0.2, 0) is 0 Å². The van der Waals surface area contributed by atoms with Crippen LogP contribution in [0.5, 0.6) is 5.75 Å². The van der Waals surface area contributed by atoms with Crippen molar-refractivity contribution < 1.29 is 27.4 Å². The van der Waals surface area contributed by atoms with Crippen LogP contribution in [0.2, 0.25) is 0 Å². The van der Waals surface area contributed by atoms with Crippen molar-refractivity contribution in [2.45, 2.75) is 19.0 Å². The average Bonchev–Trinajstić information content (AvgIpc) is 2.30. The number of alkyl halides is 3. The lowest BCUT2D eigenvalue weighted by molar-refractivity contribution is -0.136. The van der Waals surface area contributed by atoms with Crippen molar-refractivity contribution in [2.24, 2.45) is 0 Å². The fraction of sp³-hybridized carbons (Fsp3) is 0.385. The zero-order valence-corrected chi connectivity index (χ0v) is 9.93.